The highest BCUT2D eigenvalue weighted by molar-refractivity contribution is 5.75. The highest BCUT2D eigenvalue weighted by Gasteiger charge is 2.27. The third-order valence-electron chi connectivity index (χ3n) is 3.41. The zero-order chi connectivity index (χ0) is 16.8. The van der Waals surface area contributed by atoms with Crippen LogP contribution >= 0.6 is 0 Å². The Balaban J connectivity index is 2.53. The minimum atomic E-state index is -0.425. The van der Waals surface area contributed by atoms with E-state index in [0.29, 0.717) is 18.9 Å². The molecule has 0 atom stereocenters. The Morgan fingerprint density at radius 2 is 2.09 bits per heavy atom. The van der Waals surface area contributed by atoms with E-state index < -0.39 is 4.92 Å². The normalized spacial score (nSPS) is 10.4. The molecule has 0 fully saturated rings. The highest BCUT2D eigenvalue weighted by Crippen LogP contribution is 2.35. The van der Waals surface area contributed by atoms with Gasteiger partial charge in [-0.1, -0.05) is 19.1 Å². The van der Waals surface area contributed by atoms with E-state index in [9.17, 15) is 10.1 Å². The minimum Gasteiger partial charge on any atom is -0.364 e. The van der Waals surface area contributed by atoms with E-state index in [1.807, 2.05) is 49.9 Å². The van der Waals surface area contributed by atoms with Gasteiger partial charge in [-0.3, -0.25) is 10.1 Å². The van der Waals surface area contributed by atoms with Crippen LogP contribution < -0.4 is 10.2 Å². The van der Waals surface area contributed by atoms with E-state index in [0.717, 1.165) is 17.7 Å². The molecule has 0 saturated heterocycles. The molecule has 0 aliphatic rings. The van der Waals surface area contributed by atoms with Crippen molar-refractivity contribution < 1.29 is 4.92 Å². The molecule has 0 bridgehead atoms. The lowest BCUT2D eigenvalue weighted by molar-refractivity contribution is -0.383. The van der Waals surface area contributed by atoms with Crippen LogP contribution in [0.5, 0.6) is 0 Å². The molecule has 1 aromatic heterocycles. The van der Waals surface area contributed by atoms with E-state index >= 15 is 0 Å². The van der Waals surface area contributed by atoms with Gasteiger partial charge in [-0.15, -0.1) is 0 Å². The summed E-state index contributed by atoms with van der Waals surface area (Å²) in [7, 11) is 0. The van der Waals surface area contributed by atoms with Crippen LogP contribution in [0.4, 0.5) is 23.0 Å². The van der Waals surface area contributed by atoms with Gasteiger partial charge in [-0.25, -0.2) is 9.97 Å². The van der Waals surface area contributed by atoms with Crippen molar-refractivity contribution in [3.63, 3.8) is 0 Å². The van der Waals surface area contributed by atoms with Gasteiger partial charge >= 0.3 is 5.69 Å². The van der Waals surface area contributed by atoms with Crippen molar-refractivity contribution in [2.24, 2.45) is 0 Å². The van der Waals surface area contributed by atoms with Crippen LogP contribution in [0.15, 0.2) is 30.6 Å². The average Bonchev–Trinajstić information content (AvgIpc) is 2.53. The molecule has 0 spiro atoms. The Hall–Kier alpha value is -2.70. The lowest BCUT2D eigenvalue weighted by atomic mass is 10.2. The summed E-state index contributed by atoms with van der Waals surface area (Å²) < 4.78 is 0. The Morgan fingerprint density at radius 1 is 1.30 bits per heavy atom. The number of nitro groups is 1. The van der Waals surface area contributed by atoms with Gasteiger partial charge in [0.15, 0.2) is 0 Å². The first-order valence-corrected chi connectivity index (χ1v) is 7.65. The molecule has 1 N–H and O–H groups in total. The summed E-state index contributed by atoms with van der Waals surface area (Å²) in [5, 5.41) is 14.6. The number of rotatable bonds is 7. The quantitative estimate of drug-likeness (QED) is 0.620. The average molecular weight is 315 g/mol. The van der Waals surface area contributed by atoms with E-state index in [1.54, 1.807) is 0 Å². The summed E-state index contributed by atoms with van der Waals surface area (Å²) in [6, 6.07) is 7.81. The predicted molar refractivity (Wildman–Crippen MR) is 91.3 cm³/mol. The van der Waals surface area contributed by atoms with Crippen molar-refractivity contribution in [1.29, 1.82) is 0 Å². The molecule has 0 saturated carbocycles. The van der Waals surface area contributed by atoms with Crippen LogP contribution in [-0.2, 0) is 0 Å². The lowest BCUT2D eigenvalue weighted by Crippen LogP contribution is -2.20. The van der Waals surface area contributed by atoms with Gasteiger partial charge in [0.2, 0.25) is 11.6 Å². The fourth-order valence-corrected chi connectivity index (χ4v) is 2.36. The third kappa shape index (κ3) is 3.74. The zero-order valence-corrected chi connectivity index (χ0v) is 13.6. The smallest absolute Gasteiger partial charge is 0.353 e. The van der Waals surface area contributed by atoms with Gasteiger partial charge in [-0.05, 0) is 38.0 Å². The summed E-state index contributed by atoms with van der Waals surface area (Å²) in [5.41, 5.74) is 1.86. The van der Waals surface area contributed by atoms with E-state index in [1.165, 1.54) is 6.33 Å². The SMILES string of the molecule is CCCNc1ncnc(N(CC)c2cccc(C)c2)c1[N+](=O)[O-]. The number of nitrogens with one attached hydrogen (secondary N) is 1. The standard InChI is InChI=1S/C16H21N5O2/c1-4-9-17-15-14(21(22)23)16(19-11-18-15)20(5-2)13-8-6-7-12(3)10-13/h6-8,10-11H,4-5,9H2,1-3H3,(H,17,18,19). The van der Waals surface area contributed by atoms with Gasteiger partial charge in [0, 0.05) is 18.8 Å². The number of hydrogen-bond acceptors (Lipinski definition) is 6. The number of aryl methyl sites for hydroxylation is 1. The van der Waals surface area contributed by atoms with Gasteiger partial charge in [0.25, 0.3) is 0 Å². The molecule has 0 unspecified atom stereocenters. The predicted octanol–water partition coefficient (Wildman–Crippen LogP) is 3.67. The van der Waals surface area contributed by atoms with Crippen molar-refractivity contribution in [2.45, 2.75) is 27.2 Å². The van der Waals surface area contributed by atoms with E-state index in [4.69, 9.17) is 0 Å². The maximum absolute atomic E-state index is 11.6. The molecule has 0 radical (unpaired) electrons. The Morgan fingerprint density at radius 3 is 2.70 bits per heavy atom. The number of anilines is 3. The maximum atomic E-state index is 11.6. The molecule has 1 heterocycles. The number of nitrogens with zero attached hydrogens (tertiary/aromatic N) is 4. The van der Waals surface area contributed by atoms with Crippen LogP contribution in [0.3, 0.4) is 0 Å². The second-order valence-corrected chi connectivity index (χ2v) is 5.16. The van der Waals surface area contributed by atoms with Gasteiger partial charge in [0.05, 0.1) is 4.92 Å². The largest absolute Gasteiger partial charge is 0.364 e. The first kappa shape index (κ1) is 16.7. The summed E-state index contributed by atoms with van der Waals surface area (Å²) in [4.78, 5) is 21.2. The molecule has 2 rings (SSSR count). The zero-order valence-electron chi connectivity index (χ0n) is 13.6. The van der Waals surface area contributed by atoms with Gasteiger partial charge < -0.3 is 10.2 Å². The Bertz CT molecular complexity index is 690. The Labute approximate surface area is 135 Å². The van der Waals surface area contributed by atoms with Gasteiger partial charge in [-0.2, -0.15) is 0 Å². The number of hydrogen-bond donors (Lipinski definition) is 1. The lowest BCUT2D eigenvalue weighted by Gasteiger charge is -2.22. The fraction of sp³-hybridized carbons (Fsp3) is 0.375. The summed E-state index contributed by atoms with van der Waals surface area (Å²) in [6.45, 7) is 7.10. The molecular weight excluding hydrogens is 294 g/mol. The minimum absolute atomic E-state index is 0.0932. The van der Waals surface area contributed by atoms with Gasteiger partial charge in [0.1, 0.15) is 6.33 Å². The third-order valence-corrected chi connectivity index (χ3v) is 3.41. The van der Waals surface area contributed by atoms with E-state index in [2.05, 4.69) is 15.3 Å². The first-order valence-electron chi connectivity index (χ1n) is 7.65. The van der Waals surface area contributed by atoms with E-state index in [-0.39, 0.29) is 11.5 Å². The molecule has 7 heteroatoms. The molecule has 1 aromatic carbocycles. The molecular formula is C16H21N5O2. The Kier molecular flexibility index (Phi) is 5.46. The topological polar surface area (TPSA) is 84.2 Å². The van der Waals surface area contributed by atoms with Crippen LogP contribution in [0.25, 0.3) is 0 Å². The molecule has 0 aliphatic heterocycles. The molecule has 122 valence electrons. The number of benzene rings is 1. The second-order valence-electron chi connectivity index (χ2n) is 5.16. The monoisotopic (exact) mass is 315 g/mol. The first-order chi connectivity index (χ1) is 11.1. The van der Waals surface area contributed by atoms with Crippen molar-refractivity contribution in [3.8, 4) is 0 Å². The summed E-state index contributed by atoms with van der Waals surface area (Å²) in [6.07, 6.45) is 2.21. The highest BCUT2D eigenvalue weighted by atomic mass is 16.6. The van der Waals surface area contributed by atoms with Crippen molar-refractivity contribution in [2.75, 3.05) is 23.3 Å². The summed E-state index contributed by atoms with van der Waals surface area (Å²) in [5.74, 6) is 0.560. The molecule has 0 aliphatic carbocycles. The summed E-state index contributed by atoms with van der Waals surface area (Å²) >= 11 is 0. The van der Waals surface area contributed by atoms with Crippen molar-refractivity contribution in [3.05, 3.63) is 46.3 Å². The number of aromatic nitrogens is 2. The van der Waals surface area contributed by atoms with Crippen LogP contribution in [-0.4, -0.2) is 28.0 Å². The van der Waals surface area contributed by atoms with Crippen LogP contribution in [0, 0.1) is 17.0 Å². The van der Waals surface area contributed by atoms with Crippen molar-refractivity contribution in [1.82, 2.24) is 9.97 Å². The fourth-order valence-electron chi connectivity index (χ4n) is 2.36. The maximum Gasteiger partial charge on any atom is 0.353 e. The van der Waals surface area contributed by atoms with Crippen LogP contribution in [0.2, 0.25) is 0 Å². The van der Waals surface area contributed by atoms with Crippen molar-refractivity contribution >= 4 is 23.0 Å². The molecule has 2 aromatic rings. The molecule has 7 nitrogen and oxygen atoms in total. The molecule has 23 heavy (non-hydrogen) atoms. The molecule has 0 amide bonds. The second kappa shape index (κ2) is 7.53. The van der Waals surface area contributed by atoms with Crippen LogP contribution in [0.1, 0.15) is 25.8 Å².